The molecular weight excluding hydrogens is 247 g/mol. The molecule has 0 aliphatic heterocycles. The minimum Gasteiger partial charge on any atom is -0.376 e. The molecule has 0 fully saturated rings. The van der Waals surface area contributed by atoms with Crippen LogP contribution in [0.2, 0.25) is 0 Å². The van der Waals surface area contributed by atoms with Gasteiger partial charge in [-0.15, -0.1) is 0 Å². The average molecular weight is 267 g/mol. The van der Waals surface area contributed by atoms with Gasteiger partial charge in [-0.3, -0.25) is 4.79 Å². The molecule has 94 valence electrons. The highest BCUT2D eigenvalue weighted by molar-refractivity contribution is 6.46. The maximum atomic E-state index is 11.7. The van der Waals surface area contributed by atoms with Crippen LogP contribution in [0.15, 0.2) is 11.8 Å². The molecule has 0 unspecified atom stereocenters. The molecular formula is C11H20Cl2N2O. The predicted molar refractivity (Wildman–Crippen MR) is 69.8 cm³/mol. The normalized spacial score (nSPS) is 12.9. The van der Waals surface area contributed by atoms with E-state index in [-0.39, 0.29) is 11.4 Å². The molecule has 1 amide bonds. The van der Waals surface area contributed by atoms with Gasteiger partial charge in [0.05, 0.1) is 5.70 Å². The number of nitrogens with zero attached hydrogens (tertiary/aromatic N) is 1. The van der Waals surface area contributed by atoms with Crippen LogP contribution in [-0.4, -0.2) is 34.8 Å². The zero-order valence-corrected chi connectivity index (χ0v) is 12.0. The Balaban J connectivity index is 4.74. The summed E-state index contributed by atoms with van der Waals surface area (Å²) in [5.41, 5.74) is 0.338. The smallest absolute Gasteiger partial charge is 0.246 e. The third kappa shape index (κ3) is 6.23. The summed E-state index contributed by atoms with van der Waals surface area (Å²) < 4.78 is 0. The molecule has 0 rings (SSSR count). The van der Waals surface area contributed by atoms with Crippen molar-refractivity contribution in [3.8, 4) is 0 Å². The molecule has 0 aliphatic carbocycles. The molecule has 5 heteroatoms. The maximum Gasteiger partial charge on any atom is 0.246 e. The lowest BCUT2D eigenvalue weighted by Crippen LogP contribution is -2.40. The standard InChI is InChI=1S/C11H20Cl2N2O/c1-6-15(5)8(10(12)13)7-9(16)14-11(2,3)4/h7,10H,6H2,1-5H3,(H,14,16)/b8-7+. The minimum absolute atomic E-state index is 0.186. The molecule has 3 nitrogen and oxygen atoms in total. The Morgan fingerprint density at radius 1 is 1.44 bits per heavy atom. The summed E-state index contributed by atoms with van der Waals surface area (Å²) in [4.78, 5) is 12.8. The highest BCUT2D eigenvalue weighted by Gasteiger charge is 2.16. The fraction of sp³-hybridized carbons (Fsp3) is 0.727. The van der Waals surface area contributed by atoms with Crippen LogP contribution in [0, 0.1) is 0 Å². The third-order valence-electron chi connectivity index (χ3n) is 1.92. The van der Waals surface area contributed by atoms with Crippen molar-refractivity contribution >= 4 is 29.1 Å². The summed E-state index contributed by atoms with van der Waals surface area (Å²) in [5, 5.41) is 2.82. The van der Waals surface area contributed by atoms with Gasteiger partial charge in [0.15, 0.2) is 0 Å². The second-order valence-electron chi connectivity index (χ2n) is 4.62. The first-order valence-electron chi connectivity index (χ1n) is 5.20. The molecule has 0 atom stereocenters. The van der Waals surface area contributed by atoms with E-state index in [0.717, 1.165) is 6.54 Å². The van der Waals surface area contributed by atoms with E-state index in [1.165, 1.54) is 6.08 Å². The van der Waals surface area contributed by atoms with E-state index in [1.807, 2.05) is 39.6 Å². The highest BCUT2D eigenvalue weighted by Crippen LogP contribution is 2.17. The second kappa shape index (κ2) is 6.36. The lowest BCUT2D eigenvalue weighted by atomic mass is 10.1. The van der Waals surface area contributed by atoms with Gasteiger partial charge in [0, 0.05) is 25.2 Å². The predicted octanol–water partition coefficient (Wildman–Crippen LogP) is 2.54. The van der Waals surface area contributed by atoms with Gasteiger partial charge in [0.25, 0.3) is 0 Å². The zero-order valence-electron chi connectivity index (χ0n) is 10.5. The first-order valence-corrected chi connectivity index (χ1v) is 6.07. The summed E-state index contributed by atoms with van der Waals surface area (Å²) >= 11 is 11.6. The largest absolute Gasteiger partial charge is 0.376 e. The Labute approximate surface area is 108 Å². The van der Waals surface area contributed by atoms with E-state index in [0.29, 0.717) is 5.70 Å². The number of amides is 1. The molecule has 0 aromatic rings. The van der Waals surface area contributed by atoms with E-state index >= 15 is 0 Å². The lowest BCUT2D eigenvalue weighted by Gasteiger charge is -2.23. The Morgan fingerprint density at radius 2 is 1.94 bits per heavy atom. The molecule has 0 aromatic carbocycles. The molecule has 16 heavy (non-hydrogen) atoms. The van der Waals surface area contributed by atoms with Crippen molar-refractivity contribution in [2.75, 3.05) is 13.6 Å². The van der Waals surface area contributed by atoms with Crippen molar-refractivity contribution < 1.29 is 4.79 Å². The zero-order chi connectivity index (χ0) is 12.9. The molecule has 0 bridgehead atoms. The van der Waals surface area contributed by atoms with Gasteiger partial charge in [0.2, 0.25) is 5.91 Å². The summed E-state index contributed by atoms with van der Waals surface area (Å²) in [6.07, 6.45) is 1.44. The number of rotatable bonds is 4. The van der Waals surface area contributed by atoms with Crippen LogP contribution in [0.1, 0.15) is 27.7 Å². The van der Waals surface area contributed by atoms with Crippen LogP contribution in [-0.2, 0) is 4.79 Å². The molecule has 0 aliphatic rings. The van der Waals surface area contributed by atoms with Crippen molar-refractivity contribution in [2.45, 2.75) is 38.1 Å². The van der Waals surface area contributed by atoms with Crippen LogP contribution in [0.5, 0.6) is 0 Å². The van der Waals surface area contributed by atoms with E-state index in [2.05, 4.69) is 5.32 Å². The van der Waals surface area contributed by atoms with Crippen LogP contribution in [0.4, 0.5) is 0 Å². The molecule has 0 heterocycles. The first kappa shape index (κ1) is 15.6. The van der Waals surface area contributed by atoms with Gasteiger partial charge >= 0.3 is 0 Å². The van der Waals surface area contributed by atoms with Crippen LogP contribution in [0.25, 0.3) is 0 Å². The van der Waals surface area contributed by atoms with Crippen LogP contribution < -0.4 is 5.32 Å². The number of carbonyl (C=O) groups is 1. The third-order valence-corrected chi connectivity index (χ3v) is 2.36. The summed E-state index contributed by atoms with van der Waals surface area (Å²) in [6, 6.07) is 0. The van der Waals surface area contributed by atoms with E-state index < -0.39 is 4.84 Å². The average Bonchev–Trinajstić information content (AvgIpc) is 2.09. The summed E-state index contributed by atoms with van der Waals surface area (Å²) in [6.45, 7) is 8.46. The van der Waals surface area contributed by atoms with Crippen molar-refractivity contribution in [1.29, 1.82) is 0 Å². The number of nitrogens with one attached hydrogen (secondary N) is 1. The summed E-state index contributed by atoms with van der Waals surface area (Å²) in [5.74, 6) is -0.186. The molecule has 1 N–H and O–H groups in total. The topological polar surface area (TPSA) is 32.3 Å². The Kier molecular flexibility index (Phi) is 6.19. The number of carbonyl (C=O) groups excluding carboxylic acids is 1. The van der Waals surface area contributed by atoms with Gasteiger partial charge in [-0.1, -0.05) is 23.2 Å². The fourth-order valence-electron chi connectivity index (χ4n) is 1.06. The number of alkyl halides is 2. The first-order chi connectivity index (χ1) is 7.17. The minimum atomic E-state index is -0.698. The van der Waals surface area contributed by atoms with E-state index in [9.17, 15) is 4.79 Å². The lowest BCUT2D eigenvalue weighted by molar-refractivity contribution is -0.117. The van der Waals surface area contributed by atoms with Crippen LogP contribution >= 0.6 is 23.2 Å². The molecule has 0 saturated carbocycles. The van der Waals surface area contributed by atoms with Crippen molar-refractivity contribution in [1.82, 2.24) is 10.2 Å². The van der Waals surface area contributed by atoms with Crippen LogP contribution in [0.3, 0.4) is 0 Å². The fourth-order valence-corrected chi connectivity index (χ4v) is 1.52. The molecule has 0 radical (unpaired) electrons. The number of allylic oxidation sites excluding steroid dienone is 1. The second-order valence-corrected chi connectivity index (χ2v) is 5.72. The number of halogens is 2. The Hall–Kier alpha value is -0.410. The van der Waals surface area contributed by atoms with E-state index in [4.69, 9.17) is 23.2 Å². The summed E-state index contributed by atoms with van der Waals surface area (Å²) in [7, 11) is 1.84. The van der Waals surface area contributed by atoms with Crippen molar-refractivity contribution in [3.63, 3.8) is 0 Å². The Bertz CT molecular complexity index is 270. The van der Waals surface area contributed by atoms with Gasteiger partial charge in [-0.05, 0) is 27.7 Å². The van der Waals surface area contributed by atoms with Gasteiger partial charge < -0.3 is 10.2 Å². The monoisotopic (exact) mass is 266 g/mol. The van der Waals surface area contributed by atoms with E-state index in [1.54, 1.807) is 0 Å². The molecule has 0 aromatic heterocycles. The quantitative estimate of drug-likeness (QED) is 0.627. The number of hydrogen-bond donors (Lipinski definition) is 1. The number of hydrogen-bond acceptors (Lipinski definition) is 2. The Morgan fingerprint density at radius 3 is 2.25 bits per heavy atom. The molecule has 0 saturated heterocycles. The van der Waals surface area contributed by atoms with Gasteiger partial charge in [-0.25, -0.2) is 0 Å². The van der Waals surface area contributed by atoms with Crippen molar-refractivity contribution in [3.05, 3.63) is 11.8 Å². The SMILES string of the molecule is CCN(C)/C(=C/C(=O)NC(C)(C)C)C(Cl)Cl. The highest BCUT2D eigenvalue weighted by atomic mass is 35.5. The molecule has 0 spiro atoms. The van der Waals surface area contributed by atoms with Gasteiger partial charge in [0.1, 0.15) is 4.84 Å². The maximum absolute atomic E-state index is 11.7. The van der Waals surface area contributed by atoms with Crippen molar-refractivity contribution in [2.24, 2.45) is 0 Å². The van der Waals surface area contributed by atoms with Gasteiger partial charge in [-0.2, -0.15) is 0 Å².